The summed E-state index contributed by atoms with van der Waals surface area (Å²) in [4.78, 5) is 23.3. The molecule has 5 heteroatoms. The molecular weight excluding hydrogens is 270 g/mol. The van der Waals surface area contributed by atoms with Gasteiger partial charge in [-0.1, -0.05) is 31.2 Å². The van der Waals surface area contributed by atoms with Crippen LogP contribution in [0.1, 0.15) is 30.9 Å². The molecule has 0 aromatic heterocycles. The molecule has 1 saturated heterocycles. The van der Waals surface area contributed by atoms with Gasteiger partial charge >= 0.3 is 5.97 Å². The van der Waals surface area contributed by atoms with Crippen LogP contribution in [-0.4, -0.2) is 35.7 Å². The van der Waals surface area contributed by atoms with Crippen LogP contribution in [0.25, 0.3) is 0 Å². The van der Waals surface area contributed by atoms with Gasteiger partial charge < -0.3 is 15.2 Å². The molecule has 1 unspecified atom stereocenters. The van der Waals surface area contributed by atoms with Gasteiger partial charge in [-0.3, -0.25) is 9.59 Å². The average Bonchev–Trinajstić information content (AvgIpc) is 2.86. The van der Waals surface area contributed by atoms with Gasteiger partial charge in [0.15, 0.2) is 0 Å². The summed E-state index contributed by atoms with van der Waals surface area (Å²) in [6.07, 6.45) is 1.58. The highest BCUT2D eigenvalue weighted by molar-refractivity contribution is 5.81. The van der Waals surface area contributed by atoms with Crippen LogP contribution in [0.15, 0.2) is 24.3 Å². The molecule has 1 aliphatic rings. The molecule has 0 aliphatic carbocycles. The Hall–Kier alpha value is -1.88. The first-order chi connectivity index (χ1) is 10.0. The van der Waals surface area contributed by atoms with Gasteiger partial charge in [0.05, 0.1) is 25.0 Å². The third kappa shape index (κ3) is 4.04. The summed E-state index contributed by atoms with van der Waals surface area (Å²) >= 11 is 0. The number of rotatable bonds is 6. The molecule has 0 bridgehead atoms. The number of hydrogen-bond donors (Lipinski definition) is 2. The Labute approximate surface area is 124 Å². The zero-order valence-electron chi connectivity index (χ0n) is 12.2. The number of carbonyl (C=O) groups excluding carboxylic acids is 1. The SMILES string of the molecule is CCc1ccccc1CC(=O)NC1(CC(=O)O)CCOC1. The lowest BCUT2D eigenvalue weighted by atomic mass is 9.93. The van der Waals surface area contributed by atoms with Gasteiger partial charge in [0.2, 0.25) is 5.91 Å². The van der Waals surface area contributed by atoms with Gasteiger partial charge in [-0.2, -0.15) is 0 Å². The van der Waals surface area contributed by atoms with Crippen molar-refractivity contribution in [3.05, 3.63) is 35.4 Å². The minimum Gasteiger partial charge on any atom is -0.481 e. The number of aryl methyl sites for hydroxylation is 1. The van der Waals surface area contributed by atoms with Gasteiger partial charge in [0.25, 0.3) is 0 Å². The number of carboxylic acid groups (broad SMARTS) is 1. The standard InChI is InChI=1S/C16H21NO4/c1-2-12-5-3-4-6-13(12)9-14(18)17-16(10-15(19)20)7-8-21-11-16/h3-6H,2,7-11H2,1H3,(H,17,18)(H,19,20). The normalized spacial score (nSPS) is 21.2. The first-order valence-electron chi connectivity index (χ1n) is 7.22. The van der Waals surface area contributed by atoms with Gasteiger partial charge in [0.1, 0.15) is 0 Å². The third-order valence-corrected chi connectivity index (χ3v) is 3.85. The molecule has 1 heterocycles. The van der Waals surface area contributed by atoms with Crippen molar-refractivity contribution in [1.82, 2.24) is 5.32 Å². The Morgan fingerprint density at radius 2 is 2.05 bits per heavy atom. The Kier molecular flexibility index (Phi) is 4.96. The van der Waals surface area contributed by atoms with Gasteiger partial charge in [-0.25, -0.2) is 0 Å². The van der Waals surface area contributed by atoms with Gasteiger partial charge in [-0.05, 0) is 24.0 Å². The molecule has 1 amide bonds. The van der Waals surface area contributed by atoms with E-state index in [1.807, 2.05) is 31.2 Å². The number of benzene rings is 1. The maximum absolute atomic E-state index is 12.3. The van der Waals surface area contributed by atoms with E-state index < -0.39 is 11.5 Å². The molecule has 1 atom stereocenters. The highest BCUT2D eigenvalue weighted by atomic mass is 16.5. The summed E-state index contributed by atoms with van der Waals surface area (Å²) in [5.74, 6) is -1.07. The maximum Gasteiger partial charge on any atom is 0.305 e. The molecule has 5 nitrogen and oxygen atoms in total. The van der Waals surface area contributed by atoms with E-state index in [2.05, 4.69) is 5.32 Å². The molecule has 1 fully saturated rings. The number of carboxylic acids is 1. The average molecular weight is 291 g/mol. The van der Waals surface area contributed by atoms with E-state index >= 15 is 0 Å². The molecular formula is C16H21NO4. The quantitative estimate of drug-likeness (QED) is 0.833. The minimum atomic E-state index is -0.922. The Morgan fingerprint density at radius 3 is 2.62 bits per heavy atom. The lowest BCUT2D eigenvalue weighted by Crippen LogP contribution is -2.51. The van der Waals surface area contributed by atoms with Crippen molar-refractivity contribution >= 4 is 11.9 Å². The second-order valence-electron chi connectivity index (χ2n) is 5.50. The fraction of sp³-hybridized carbons (Fsp3) is 0.500. The fourth-order valence-electron chi connectivity index (χ4n) is 2.77. The second-order valence-corrected chi connectivity index (χ2v) is 5.50. The monoisotopic (exact) mass is 291 g/mol. The van der Waals surface area contributed by atoms with Crippen LogP contribution in [0.3, 0.4) is 0 Å². The molecule has 1 aromatic rings. The van der Waals surface area contributed by atoms with E-state index in [1.54, 1.807) is 0 Å². The zero-order valence-corrected chi connectivity index (χ0v) is 12.2. The largest absolute Gasteiger partial charge is 0.481 e. The van der Waals surface area contributed by atoms with E-state index in [0.29, 0.717) is 13.0 Å². The predicted octanol–water partition coefficient (Wildman–Crippen LogP) is 1.54. The van der Waals surface area contributed by atoms with Crippen molar-refractivity contribution in [1.29, 1.82) is 0 Å². The summed E-state index contributed by atoms with van der Waals surface area (Å²) in [6, 6.07) is 7.81. The van der Waals surface area contributed by atoms with E-state index in [1.165, 1.54) is 0 Å². The molecule has 2 rings (SSSR count). The summed E-state index contributed by atoms with van der Waals surface area (Å²) in [6.45, 7) is 2.80. The van der Waals surface area contributed by atoms with E-state index in [0.717, 1.165) is 17.5 Å². The summed E-state index contributed by atoms with van der Waals surface area (Å²) in [7, 11) is 0. The van der Waals surface area contributed by atoms with Crippen LogP contribution < -0.4 is 5.32 Å². The summed E-state index contributed by atoms with van der Waals surface area (Å²) < 4.78 is 5.28. The molecule has 0 spiro atoms. The highest BCUT2D eigenvalue weighted by Crippen LogP contribution is 2.23. The first kappa shape index (κ1) is 15.5. The van der Waals surface area contributed by atoms with Crippen LogP contribution >= 0.6 is 0 Å². The van der Waals surface area contributed by atoms with Crippen LogP contribution in [-0.2, 0) is 27.2 Å². The van der Waals surface area contributed by atoms with Gasteiger partial charge in [-0.15, -0.1) is 0 Å². The van der Waals surface area contributed by atoms with Crippen molar-refractivity contribution in [2.24, 2.45) is 0 Å². The van der Waals surface area contributed by atoms with Crippen molar-refractivity contribution in [3.63, 3.8) is 0 Å². The van der Waals surface area contributed by atoms with E-state index in [4.69, 9.17) is 9.84 Å². The number of hydrogen-bond acceptors (Lipinski definition) is 3. The molecule has 0 radical (unpaired) electrons. The van der Waals surface area contributed by atoms with E-state index in [9.17, 15) is 9.59 Å². The number of nitrogens with one attached hydrogen (secondary N) is 1. The van der Waals surface area contributed by atoms with E-state index in [-0.39, 0.29) is 25.4 Å². The van der Waals surface area contributed by atoms with Crippen molar-refractivity contribution in [2.75, 3.05) is 13.2 Å². The van der Waals surface area contributed by atoms with Crippen LogP contribution in [0.5, 0.6) is 0 Å². The zero-order chi connectivity index (χ0) is 15.3. The van der Waals surface area contributed by atoms with Crippen molar-refractivity contribution < 1.29 is 19.4 Å². The maximum atomic E-state index is 12.3. The number of ether oxygens (including phenoxy) is 1. The first-order valence-corrected chi connectivity index (χ1v) is 7.22. The summed E-state index contributed by atoms with van der Waals surface area (Å²) in [5.41, 5.74) is 1.37. The van der Waals surface area contributed by atoms with Crippen molar-refractivity contribution in [3.8, 4) is 0 Å². The van der Waals surface area contributed by atoms with Crippen molar-refractivity contribution in [2.45, 2.75) is 38.1 Å². The lowest BCUT2D eigenvalue weighted by molar-refractivity contribution is -0.139. The summed E-state index contributed by atoms with van der Waals surface area (Å²) in [5, 5.41) is 11.9. The Balaban J connectivity index is 2.04. The number of carbonyl (C=O) groups is 2. The smallest absolute Gasteiger partial charge is 0.305 e. The molecule has 114 valence electrons. The van der Waals surface area contributed by atoms with Crippen LogP contribution in [0, 0.1) is 0 Å². The van der Waals surface area contributed by atoms with Crippen LogP contribution in [0.4, 0.5) is 0 Å². The molecule has 0 saturated carbocycles. The molecule has 1 aliphatic heterocycles. The minimum absolute atomic E-state index is 0.103. The topological polar surface area (TPSA) is 75.6 Å². The predicted molar refractivity (Wildman–Crippen MR) is 78.1 cm³/mol. The molecule has 1 aromatic carbocycles. The second kappa shape index (κ2) is 6.72. The third-order valence-electron chi connectivity index (χ3n) is 3.85. The van der Waals surface area contributed by atoms with Crippen LogP contribution in [0.2, 0.25) is 0 Å². The lowest BCUT2D eigenvalue weighted by Gasteiger charge is -2.27. The molecule has 2 N–H and O–H groups in total. The number of amides is 1. The molecule has 21 heavy (non-hydrogen) atoms. The Morgan fingerprint density at radius 1 is 1.33 bits per heavy atom. The fourth-order valence-corrected chi connectivity index (χ4v) is 2.77. The van der Waals surface area contributed by atoms with Gasteiger partial charge in [0, 0.05) is 6.61 Å². The highest BCUT2D eigenvalue weighted by Gasteiger charge is 2.38. The number of aliphatic carboxylic acids is 1. The Bertz CT molecular complexity index is 521.